The van der Waals surface area contributed by atoms with Crippen LogP contribution in [0.3, 0.4) is 0 Å². The number of benzene rings is 1. The number of ether oxygens (including phenoxy) is 3. The molecule has 1 aromatic rings. The summed E-state index contributed by atoms with van der Waals surface area (Å²) in [5.74, 6) is -2.16. The van der Waals surface area contributed by atoms with Crippen LogP contribution in [0, 0.1) is 23.0 Å². The Bertz CT molecular complexity index is 850. The zero-order chi connectivity index (χ0) is 24.7. The molecule has 0 radical (unpaired) electrons. The number of hydrogen-bond donors (Lipinski definition) is 1. The molecule has 0 saturated carbocycles. The molecule has 2 fully saturated rings. The van der Waals surface area contributed by atoms with E-state index in [1.165, 1.54) is 0 Å². The molecule has 1 aromatic carbocycles. The van der Waals surface area contributed by atoms with Crippen LogP contribution in [0.5, 0.6) is 5.75 Å². The number of halogens is 2. The Labute approximate surface area is 199 Å². The predicted molar refractivity (Wildman–Crippen MR) is 122 cm³/mol. The average molecular weight is 481 g/mol. The van der Waals surface area contributed by atoms with E-state index in [1.807, 2.05) is 20.8 Å². The number of hydrogen-bond acceptors (Lipinski definition) is 7. The van der Waals surface area contributed by atoms with Gasteiger partial charge in [-0.1, -0.05) is 0 Å². The fourth-order valence-electron chi connectivity index (χ4n) is 4.26. The summed E-state index contributed by atoms with van der Waals surface area (Å²) in [6.45, 7) is 11.1. The Balaban J connectivity index is 1.33. The molecule has 8 nitrogen and oxygen atoms in total. The van der Waals surface area contributed by atoms with Crippen molar-refractivity contribution in [1.29, 1.82) is 5.26 Å². The minimum atomic E-state index is -0.862. The quantitative estimate of drug-likeness (QED) is 0.544. The third kappa shape index (κ3) is 8.08. The normalized spacial score (nSPS) is 21.1. The van der Waals surface area contributed by atoms with Gasteiger partial charge in [-0.05, 0) is 45.7 Å². The molecule has 34 heavy (non-hydrogen) atoms. The molecule has 0 aromatic heterocycles. The Morgan fingerprint density at radius 1 is 1.12 bits per heavy atom. The van der Waals surface area contributed by atoms with Gasteiger partial charge in [-0.2, -0.15) is 5.26 Å². The highest BCUT2D eigenvalue weighted by molar-refractivity contribution is 5.67. The van der Waals surface area contributed by atoms with Crippen LogP contribution in [0.2, 0.25) is 0 Å². The molecule has 3 rings (SSSR count). The van der Waals surface area contributed by atoms with Crippen LogP contribution in [0.15, 0.2) is 12.1 Å². The molecule has 1 N–H and O–H groups in total. The summed E-state index contributed by atoms with van der Waals surface area (Å²) < 4.78 is 44.5. The molecule has 10 heteroatoms. The fraction of sp³-hybridized carbons (Fsp3) is 0.667. The Kier molecular flexibility index (Phi) is 9.05. The number of carbonyl (C=O) groups is 1. The number of carbonyl (C=O) groups excluding carboxylic acids is 1. The van der Waals surface area contributed by atoms with Crippen LogP contribution in [-0.4, -0.2) is 86.1 Å². The lowest BCUT2D eigenvalue weighted by atomic mass is 10.1. The van der Waals surface area contributed by atoms with Crippen molar-refractivity contribution in [1.82, 2.24) is 15.1 Å². The third-order valence-corrected chi connectivity index (χ3v) is 5.54. The number of amides is 1. The Hall–Kier alpha value is -2.48. The molecule has 1 amide bonds. The Morgan fingerprint density at radius 3 is 2.21 bits per heavy atom. The van der Waals surface area contributed by atoms with Gasteiger partial charge in [-0.3, -0.25) is 9.80 Å². The molecule has 2 bridgehead atoms. The molecular formula is C24H34F2N4O4. The van der Waals surface area contributed by atoms with Gasteiger partial charge in [0.2, 0.25) is 0 Å². The van der Waals surface area contributed by atoms with Crippen LogP contribution in [-0.2, 0) is 9.47 Å². The highest BCUT2D eigenvalue weighted by Gasteiger charge is 2.34. The lowest BCUT2D eigenvalue weighted by Crippen LogP contribution is -2.59. The van der Waals surface area contributed by atoms with Crippen molar-refractivity contribution in [2.75, 3.05) is 52.4 Å². The maximum Gasteiger partial charge on any atom is 0.407 e. The highest BCUT2D eigenvalue weighted by Crippen LogP contribution is 2.24. The summed E-state index contributed by atoms with van der Waals surface area (Å²) in [7, 11) is 0. The molecular weight excluding hydrogens is 446 g/mol. The predicted octanol–water partition coefficient (Wildman–Crippen LogP) is 2.91. The lowest BCUT2D eigenvalue weighted by molar-refractivity contribution is -0.138. The van der Waals surface area contributed by atoms with Crippen molar-refractivity contribution in [3.8, 4) is 11.8 Å². The van der Waals surface area contributed by atoms with Crippen LogP contribution in [0.1, 0.15) is 39.2 Å². The first-order chi connectivity index (χ1) is 16.1. The number of fused-ring (bicyclic) bond motifs is 2. The monoisotopic (exact) mass is 480 g/mol. The molecule has 2 heterocycles. The van der Waals surface area contributed by atoms with Gasteiger partial charge in [-0.25, -0.2) is 13.6 Å². The van der Waals surface area contributed by atoms with Crippen molar-refractivity contribution in [2.45, 2.75) is 51.4 Å². The molecule has 1 unspecified atom stereocenters. The second-order valence-corrected chi connectivity index (χ2v) is 9.76. The number of morpholine rings is 2. The molecule has 2 atom stereocenters. The van der Waals surface area contributed by atoms with Gasteiger partial charge in [0.25, 0.3) is 0 Å². The molecule has 188 valence electrons. The molecule has 2 aliphatic rings. The summed E-state index contributed by atoms with van der Waals surface area (Å²) in [4.78, 5) is 16.4. The molecule has 2 saturated heterocycles. The smallest absolute Gasteiger partial charge is 0.407 e. The maximum absolute atomic E-state index is 13.9. The average Bonchev–Trinajstić information content (AvgIpc) is 2.73. The largest absolute Gasteiger partial charge is 0.488 e. The second-order valence-electron chi connectivity index (χ2n) is 9.76. The first-order valence-electron chi connectivity index (χ1n) is 11.7. The zero-order valence-electron chi connectivity index (χ0n) is 20.1. The molecule has 0 aliphatic carbocycles. The van der Waals surface area contributed by atoms with Crippen molar-refractivity contribution < 1.29 is 27.8 Å². The minimum absolute atomic E-state index is 0.0736. The zero-order valence-corrected chi connectivity index (χ0v) is 20.1. The van der Waals surface area contributed by atoms with Gasteiger partial charge in [0.1, 0.15) is 5.60 Å². The lowest BCUT2D eigenvalue weighted by Gasteiger charge is -2.46. The molecule has 0 spiro atoms. The third-order valence-electron chi connectivity index (χ3n) is 5.54. The first-order valence-corrected chi connectivity index (χ1v) is 11.7. The van der Waals surface area contributed by atoms with E-state index in [9.17, 15) is 13.6 Å². The number of alkyl carbamates (subject to hydrolysis) is 1. The SMILES string of the molecule is CC(C)(C)OC(=O)NCCCN1CC2CN(CCCOc3c(F)cc(C#N)cc3F)C[C@H](C1)O2. The van der Waals surface area contributed by atoms with Gasteiger partial charge in [0, 0.05) is 45.8 Å². The van der Waals surface area contributed by atoms with Gasteiger partial charge >= 0.3 is 6.09 Å². The number of rotatable bonds is 9. The van der Waals surface area contributed by atoms with Gasteiger partial charge in [0.15, 0.2) is 17.4 Å². The number of nitrogens with zero attached hydrogens (tertiary/aromatic N) is 3. The van der Waals surface area contributed by atoms with Crippen LogP contribution >= 0.6 is 0 Å². The number of nitrogens with one attached hydrogen (secondary N) is 1. The summed E-state index contributed by atoms with van der Waals surface area (Å²) in [5, 5.41) is 11.6. The van der Waals surface area contributed by atoms with E-state index in [4.69, 9.17) is 19.5 Å². The van der Waals surface area contributed by atoms with E-state index < -0.39 is 29.1 Å². The summed E-state index contributed by atoms with van der Waals surface area (Å²) >= 11 is 0. The second kappa shape index (κ2) is 11.8. The number of nitriles is 1. The van der Waals surface area contributed by atoms with Crippen molar-refractivity contribution in [2.24, 2.45) is 0 Å². The topological polar surface area (TPSA) is 87.1 Å². The summed E-state index contributed by atoms with van der Waals surface area (Å²) in [6.07, 6.45) is 1.29. The fourth-order valence-corrected chi connectivity index (χ4v) is 4.26. The van der Waals surface area contributed by atoms with Crippen LogP contribution in [0.25, 0.3) is 0 Å². The van der Waals surface area contributed by atoms with Crippen LogP contribution in [0.4, 0.5) is 13.6 Å². The van der Waals surface area contributed by atoms with Crippen molar-refractivity contribution in [3.63, 3.8) is 0 Å². The van der Waals surface area contributed by atoms with E-state index >= 15 is 0 Å². The van der Waals surface area contributed by atoms with E-state index in [0.29, 0.717) is 13.0 Å². The highest BCUT2D eigenvalue weighted by atomic mass is 19.1. The Morgan fingerprint density at radius 2 is 1.68 bits per heavy atom. The first kappa shape index (κ1) is 26.1. The minimum Gasteiger partial charge on any atom is -0.488 e. The maximum atomic E-state index is 13.9. The van der Waals surface area contributed by atoms with E-state index in [-0.39, 0.29) is 24.4 Å². The summed E-state index contributed by atoms with van der Waals surface area (Å²) in [5.41, 5.74) is -0.574. The van der Waals surface area contributed by atoms with Gasteiger partial charge < -0.3 is 19.5 Å². The van der Waals surface area contributed by atoms with Gasteiger partial charge in [0.05, 0.1) is 30.4 Å². The van der Waals surface area contributed by atoms with Crippen LogP contribution < -0.4 is 10.1 Å². The van der Waals surface area contributed by atoms with E-state index in [0.717, 1.165) is 57.8 Å². The molecule has 2 aliphatic heterocycles. The van der Waals surface area contributed by atoms with E-state index in [2.05, 4.69) is 15.1 Å². The van der Waals surface area contributed by atoms with Gasteiger partial charge in [-0.15, -0.1) is 0 Å². The van der Waals surface area contributed by atoms with E-state index in [1.54, 1.807) is 6.07 Å². The van der Waals surface area contributed by atoms with Crippen molar-refractivity contribution in [3.05, 3.63) is 29.3 Å². The summed E-state index contributed by atoms with van der Waals surface area (Å²) in [6, 6.07) is 3.66. The standard InChI is InChI=1S/C24H34F2N4O4/c1-24(2,3)34-23(31)28-6-4-7-29-13-18-15-30(16-19(14-29)33-18)8-5-9-32-22-20(25)10-17(12-27)11-21(22)26/h10-11,18-19H,4-9,13-16H2,1-3H3,(H,28,31)/t18-,19?/m0/s1. The van der Waals surface area contributed by atoms with Crippen molar-refractivity contribution >= 4 is 6.09 Å².